The zero-order chi connectivity index (χ0) is 17.9. The molecule has 0 aromatic heterocycles. The average molecular weight is 348 g/mol. The maximum absolute atomic E-state index is 13.0. The van der Waals surface area contributed by atoms with E-state index in [0.717, 1.165) is 36.9 Å². The largest absolute Gasteiger partial charge is 0.341 e. The van der Waals surface area contributed by atoms with Crippen LogP contribution in [0.15, 0.2) is 54.6 Å². The standard InChI is InChI=1S/C22H24N2O2/c25-21(18-10-11-18)23-12-5-13-24(15-14-23)22(26)20-9-4-8-19(16-20)17-6-2-1-3-7-17/h1-4,6-9,16,18H,5,10-15H2. The number of carbonyl (C=O) groups excluding carboxylic acids is 2. The number of benzene rings is 2. The molecule has 0 bridgehead atoms. The van der Waals surface area contributed by atoms with Crippen LogP contribution in [0.2, 0.25) is 0 Å². The number of carbonyl (C=O) groups is 2. The molecular weight excluding hydrogens is 324 g/mol. The molecule has 2 fully saturated rings. The van der Waals surface area contributed by atoms with Gasteiger partial charge in [-0.25, -0.2) is 0 Å². The number of nitrogens with zero attached hydrogens (tertiary/aromatic N) is 2. The Bertz CT molecular complexity index is 799. The summed E-state index contributed by atoms with van der Waals surface area (Å²) < 4.78 is 0. The van der Waals surface area contributed by atoms with E-state index in [1.807, 2.05) is 52.3 Å². The first-order chi connectivity index (χ1) is 12.7. The van der Waals surface area contributed by atoms with Crippen LogP contribution in [0, 0.1) is 5.92 Å². The van der Waals surface area contributed by atoms with Gasteiger partial charge in [0.25, 0.3) is 5.91 Å². The first-order valence-corrected chi connectivity index (χ1v) is 9.46. The Morgan fingerprint density at radius 3 is 2.23 bits per heavy atom. The molecule has 0 unspecified atom stereocenters. The summed E-state index contributed by atoms with van der Waals surface area (Å²) in [6, 6.07) is 17.9. The fourth-order valence-electron chi connectivity index (χ4n) is 3.57. The molecule has 0 N–H and O–H groups in total. The summed E-state index contributed by atoms with van der Waals surface area (Å²) >= 11 is 0. The molecule has 0 spiro atoms. The van der Waals surface area contributed by atoms with Gasteiger partial charge < -0.3 is 9.80 Å². The monoisotopic (exact) mass is 348 g/mol. The highest BCUT2D eigenvalue weighted by atomic mass is 16.2. The third kappa shape index (κ3) is 3.64. The van der Waals surface area contributed by atoms with Crippen LogP contribution in [-0.4, -0.2) is 47.8 Å². The van der Waals surface area contributed by atoms with E-state index in [4.69, 9.17) is 0 Å². The van der Waals surface area contributed by atoms with E-state index in [2.05, 4.69) is 12.1 Å². The van der Waals surface area contributed by atoms with Crippen molar-refractivity contribution in [3.63, 3.8) is 0 Å². The highest BCUT2D eigenvalue weighted by molar-refractivity contribution is 5.95. The summed E-state index contributed by atoms with van der Waals surface area (Å²) in [6.45, 7) is 2.75. The van der Waals surface area contributed by atoms with E-state index in [1.54, 1.807) is 0 Å². The number of hydrogen-bond acceptors (Lipinski definition) is 2. The first kappa shape index (κ1) is 16.8. The Balaban J connectivity index is 1.46. The molecule has 0 radical (unpaired) electrons. The second kappa shape index (κ2) is 7.32. The van der Waals surface area contributed by atoms with Crippen molar-refractivity contribution in [1.29, 1.82) is 0 Å². The van der Waals surface area contributed by atoms with Gasteiger partial charge in [0.05, 0.1) is 0 Å². The van der Waals surface area contributed by atoms with Crippen LogP contribution in [0.4, 0.5) is 0 Å². The highest BCUT2D eigenvalue weighted by Crippen LogP contribution is 2.31. The Labute approximate surface area is 154 Å². The molecule has 0 atom stereocenters. The third-order valence-electron chi connectivity index (χ3n) is 5.24. The SMILES string of the molecule is O=C(c1cccc(-c2ccccc2)c1)N1CCCN(C(=O)C2CC2)CC1. The van der Waals surface area contributed by atoms with Crippen molar-refractivity contribution >= 4 is 11.8 Å². The van der Waals surface area contributed by atoms with Crippen molar-refractivity contribution in [1.82, 2.24) is 9.80 Å². The van der Waals surface area contributed by atoms with Crippen LogP contribution in [0.1, 0.15) is 29.6 Å². The highest BCUT2D eigenvalue weighted by Gasteiger charge is 2.34. The zero-order valence-corrected chi connectivity index (χ0v) is 14.9. The van der Waals surface area contributed by atoms with Crippen molar-refractivity contribution in [3.05, 3.63) is 60.2 Å². The number of rotatable bonds is 3. The molecule has 1 heterocycles. The molecule has 2 aromatic carbocycles. The Kier molecular flexibility index (Phi) is 4.74. The number of hydrogen-bond donors (Lipinski definition) is 0. The second-order valence-electron chi connectivity index (χ2n) is 7.19. The summed E-state index contributed by atoms with van der Waals surface area (Å²) in [7, 11) is 0. The number of amides is 2. The van der Waals surface area contributed by atoms with E-state index < -0.39 is 0 Å². The van der Waals surface area contributed by atoms with Crippen molar-refractivity contribution in [3.8, 4) is 11.1 Å². The lowest BCUT2D eigenvalue weighted by Crippen LogP contribution is -2.38. The van der Waals surface area contributed by atoms with Crippen molar-refractivity contribution < 1.29 is 9.59 Å². The Morgan fingerprint density at radius 2 is 1.46 bits per heavy atom. The molecule has 1 saturated carbocycles. The molecule has 2 aliphatic rings. The van der Waals surface area contributed by atoms with Gasteiger partial charge in [-0.1, -0.05) is 42.5 Å². The summed E-state index contributed by atoms with van der Waals surface area (Å²) in [4.78, 5) is 29.1. The molecule has 4 rings (SSSR count). The van der Waals surface area contributed by atoms with Crippen LogP contribution < -0.4 is 0 Å². The van der Waals surface area contributed by atoms with E-state index in [0.29, 0.717) is 25.2 Å². The fourth-order valence-corrected chi connectivity index (χ4v) is 3.57. The predicted molar refractivity (Wildman–Crippen MR) is 102 cm³/mol. The maximum Gasteiger partial charge on any atom is 0.253 e. The van der Waals surface area contributed by atoms with Gasteiger partial charge in [-0.05, 0) is 42.5 Å². The molecule has 1 aliphatic heterocycles. The van der Waals surface area contributed by atoms with Crippen LogP contribution in [-0.2, 0) is 4.79 Å². The minimum absolute atomic E-state index is 0.0588. The van der Waals surface area contributed by atoms with Crippen molar-refractivity contribution in [2.75, 3.05) is 26.2 Å². The van der Waals surface area contributed by atoms with E-state index in [9.17, 15) is 9.59 Å². The van der Waals surface area contributed by atoms with Crippen LogP contribution in [0.3, 0.4) is 0 Å². The minimum atomic E-state index is 0.0588. The first-order valence-electron chi connectivity index (χ1n) is 9.46. The van der Waals surface area contributed by atoms with Crippen LogP contribution >= 0.6 is 0 Å². The van der Waals surface area contributed by atoms with Crippen molar-refractivity contribution in [2.45, 2.75) is 19.3 Å². The van der Waals surface area contributed by atoms with Gasteiger partial charge in [-0.2, -0.15) is 0 Å². The summed E-state index contributed by atoms with van der Waals surface area (Å²) in [6.07, 6.45) is 2.91. The van der Waals surface area contributed by atoms with Crippen LogP contribution in [0.25, 0.3) is 11.1 Å². The molecule has 2 aromatic rings. The van der Waals surface area contributed by atoms with Gasteiger partial charge in [0.2, 0.25) is 5.91 Å². The summed E-state index contributed by atoms with van der Waals surface area (Å²) in [5.74, 6) is 0.591. The lowest BCUT2D eigenvalue weighted by Gasteiger charge is -2.22. The smallest absolute Gasteiger partial charge is 0.253 e. The van der Waals surface area contributed by atoms with E-state index in [1.165, 1.54) is 0 Å². The molecule has 2 amide bonds. The van der Waals surface area contributed by atoms with Crippen molar-refractivity contribution in [2.24, 2.45) is 5.92 Å². The molecular formula is C22H24N2O2. The molecule has 1 saturated heterocycles. The summed E-state index contributed by atoms with van der Waals surface area (Å²) in [5, 5.41) is 0. The Hall–Kier alpha value is -2.62. The van der Waals surface area contributed by atoms with Gasteiger partial charge in [0, 0.05) is 37.7 Å². The third-order valence-corrected chi connectivity index (χ3v) is 5.24. The van der Waals surface area contributed by atoms with Gasteiger partial charge in [-0.15, -0.1) is 0 Å². The lowest BCUT2D eigenvalue weighted by atomic mass is 10.0. The van der Waals surface area contributed by atoms with E-state index in [-0.39, 0.29) is 17.7 Å². The molecule has 26 heavy (non-hydrogen) atoms. The quantitative estimate of drug-likeness (QED) is 0.852. The average Bonchev–Trinajstić information content (AvgIpc) is 3.54. The predicted octanol–water partition coefficient (Wildman–Crippen LogP) is 3.44. The van der Waals surface area contributed by atoms with Gasteiger partial charge in [-0.3, -0.25) is 9.59 Å². The normalized spacial score (nSPS) is 17.7. The summed E-state index contributed by atoms with van der Waals surface area (Å²) in [5.41, 5.74) is 2.88. The molecule has 4 heteroatoms. The molecule has 4 nitrogen and oxygen atoms in total. The van der Waals surface area contributed by atoms with Gasteiger partial charge >= 0.3 is 0 Å². The Morgan fingerprint density at radius 1 is 0.769 bits per heavy atom. The molecule has 134 valence electrons. The maximum atomic E-state index is 13.0. The second-order valence-corrected chi connectivity index (χ2v) is 7.19. The lowest BCUT2D eigenvalue weighted by molar-refractivity contribution is -0.132. The van der Waals surface area contributed by atoms with Gasteiger partial charge in [0.15, 0.2) is 0 Å². The van der Waals surface area contributed by atoms with Gasteiger partial charge in [0.1, 0.15) is 0 Å². The zero-order valence-electron chi connectivity index (χ0n) is 14.9. The van der Waals surface area contributed by atoms with E-state index >= 15 is 0 Å². The topological polar surface area (TPSA) is 40.6 Å². The molecule has 1 aliphatic carbocycles. The minimum Gasteiger partial charge on any atom is -0.341 e. The van der Waals surface area contributed by atoms with Crippen LogP contribution in [0.5, 0.6) is 0 Å². The fraction of sp³-hybridized carbons (Fsp3) is 0.364.